The first-order valence-electron chi connectivity index (χ1n) is 13.8. The smallest absolute Gasteiger partial charge is 0.0727 e. The first kappa shape index (κ1) is 23.8. The highest BCUT2D eigenvalue weighted by Crippen LogP contribution is 2.66. The summed E-state index contributed by atoms with van der Waals surface area (Å²) in [6, 6.07) is -0.0290. The summed E-state index contributed by atoms with van der Waals surface area (Å²) < 4.78 is 0. The molecular weight excluding hydrogens is 404 g/mol. The fourth-order valence-electron chi connectivity index (χ4n) is 9.26. The van der Waals surface area contributed by atoms with Gasteiger partial charge in [0.05, 0.1) is 6.10 Å². The number of aliphatic hydroxyl groups excluding tert-OH is 1. The topological polar surface area (TPSA) is 49.5 Å². The third kappa shape index (κ3) is 3.81. The molecule has 0 aromatic heterocycles. The maximum atomic E-state index is 10.9. The zero-order valence-corrected chi connectivity index (χ0v) is 21.8. The molecule has 0 spiro atoms. The number of aliphatic hydroxyl groups is 1. The quantitative estimate of drug-likeness (QED) is 0.539. The van der Waals surface area contributed by atoms with Crippen LogP contribution in [0.4, 0.5) is 0 Å². The summed E-state index contributed by atoms with van der Waals surface area (Å²) in [5.41, 5.74) is 11.8. The van der Waals surface area contributed by atoms with E-state index in [4.69, 9.17) is 5.73 Å². The van der Waals surface area contributed by atoms with Crippen LogP contribution >= 0.6 is 0 Å². The van der Waals surface area contributed by atoms with E-state index in [1.165, 1.54) is 45.1 Å². The van der Waals surface area contributed by atoms with Crippen molar-refractivity contribution in [2.24, 2.45) is 46.2 Å². The Morgan fingerprint density at radius 1 is 1.12 bits per heavy atom. The van der Waals surface area contributed by atoms with Crippen LogP contribution in [0.25, 0.3) is 0 Å². The summed E-state index contributed by atoms with van der Waals surface area (Å²) in [5.74, 6) is 3.17. The molecule has 5 rings (SSSR count). The van der Waals surface area contributed by atoms with E-state index >= 15 is 0 Å². The molecule has 0 amide bonds. The molecular formula is C30H48N2O. The molecule has 3 saturated carbocycles. The number of fused-ring (bicyclic) bond motifs is 5. The Labute approximate surface area is 202 Å². The number of likely N-dealkylation sites (N-methyl/N-ethyl adjacent to an activating group) is 1. The monoisotopic (exact) mass is 452 g/mol. The van der Waals surface area contributed by atoms with Gasteiger partial charge in [0.1, 0.15) is 0 Å². The molecule has 0 radical (unpaired) electrons. The van der Waals surface area contributed by atoms with Gasteiger partial charge in [-0.3, -0.25) is 0 Å². The molecule has 0 aromatic carbocycles. The van der Waals surface area contributed by atoms with Crippen LogP contribution in [-0.2, 0) is 0 Å². The molecule has 33 heavy (non-hydrogen) atoms. The Morgan fingerprint density at radius 2 is 1.85 bits per heavy atom. The van der Waals surface area contributed by atoms with Crippen molar-refractivity contribution in [3.05, 3.63) is 34.9 Å². The SMILES string of the molecule is CC1=C(/C=C/[C@H](C)[C@H]2CC[C@H]3C4=CCC5[C@H](O)[C@H](N)CC[C@]5(C)[C@H]4CC[C@]23C)CCN(C)C1. The number of nitrogens with two attached hydrogens (primary N) is 1. The first-order chi connectivity index (χ1) is 15.6. The summed E-state index contributed by atoms with van der Waals surface area (Å²) in [7, 11) is 2.23. The van der Waals surface area contributed by atoms with Gasteiger partial charge in [0.25, 0.3) is 0 Å². The van der Waals surface area contributed by atoms with Gasteiger partial charge in [-0.1, -0.05) is 50.1 Å². The lowest BCUT2D eigenvalue weighted by molar-refractivity contribution is -0.0765. The first-order valence-corrected chi connectivity index (χ1v) is 13.8. The van der Waals surface area contributed by atoms with E-state index in [2.05, 4.69) is 57.9 Å². The number of nitrogens with zero attached hydrogens (tertiary/aromatic N) is 1. The van der Waals surface area contributed by atoms with Gasteiger partial charge in [-0.2, -0.15) is 0 Å². The minimum Gasteiger partial charge on any atom is -0.391 e. The van der Waals surface area contributed by atoms with Gasteiger partial charge in [0.2, 0.25) is 0 Å². The molecule has 3 heteroatoms. The van der Waals surface area contributed by atoms with Gasteiger partial charge in [-0.05, 0) is 111 Å². The summed E-state index contributed by atoms with van der Waals surface area (Å²) in [6.45, 7) is 12.2. The second-order valence-corrected chi connectivity index (χ2v) is 13.1. The Bertz CT molecular complexity index is 857. The fraction of sp³-hybridized carbons (Fsp3) is 0.800. The van der Waals surface area contributed by atoms with E-state index < -0.39 is 0 Å². The lowest BCUT2D eigenvalue weighted by Crippen LogP contribution is -2.57. The van der Waals surface area contributed by atoms with Crippen molar-refractivity contribution >= 4 is 0 Å². The van der Waals surface area contributed by atoms with Crippen LogP contribution in [0.5, 0.6) is 0 Å². The van der Waals surface area contributed by atoms with Crippen molar-refractivity contribution in [2.45, 2.75) is 91.2 Å². The zero-order valence-electron chi connectivity index (χ0n) is 21.8. The van der Waals surface area contributed by atoms with Crippen molar-refractivity contribution in [2.75, 3.05) is 20.1 Å². The predicted molar refractivity (Wildman–Crippen MR) is 138 cm³/mol. The van der Waals surface area contributed by atoms with Gasteiger partial charge in [-0.15, -0.1) is 0 Å². The molecule has 1 unspecified atom stereocenters. The largest absolute Gasteiger partial charge is 0.391 e. The van der Waals surface area contributed by atoms with Crippen LogP contribution in [0, 0.1) is 40.4 Å². The molecule has 5 aliphatic rings. The van der Waals surface area contributed by atoms with Crippen molar-refractivity contribution in [1.29, 1.82) is 0 Å². The molecule has 1 aliphatic heterocycles. The number of hydrogen-bond acceptors (Lipinski definition) is 3. The maximum Gasteiger partial charge on any atom is 0.0727 e. The van der Waals surface area contributed by atoms with Crippen LogP contribution in [0.2, 0.25) is 0 Å². The summed E-state index contributed by atoms with van der Waals surface area (Å²) in [6.07, 6.45) is 17.1. The highest BCUT2D eigenvalue weighted by atomic mass is 16.3. The van der Waals surface area contributed by atoms with Gasteiger partial charge in [0, 0.05) is 19.1 Å². The molecule has 0 aromatic rings. The average molecular weight is 453 g/mol. The number of rotatable bonds is 3. The highest BCUT2D eigenvalue weighted by molar-refractivity contribution is 5.30. The predicted octanol–water partition coefficient (Wildman–Crippen LogP) is 5.71. The molecule has 3 N–H and O–H groups in total. The highest BCUT2D eigenvalue weighted by Gasteiger charge is 2.59. The van der Waals surface area contributed by atoms with E-state index in [1.807, 2.05) is 0 Å². The van der Waals surface area contributed by atoms with Crippen LogP contribution in [0.15, 0.2) is 34.9 Å². The molecule has 4 aliphatic carbocycles. The van der Waals surface area contributed by atoms with Gasteiger partial charge >= 0.3 is 0 Å². The molecule has 0 bridgehead atoms. The van der Waals surface area contributed by atoms with Crippen LogP contribution in [0.3, 0.4) is 0 Å². The molecule has 184 valence electrons. The van der Waals surface area contributed by atoms with Crippen molar-refractivity contribution in [3.8, 4) is 0 Å². The number of allylic oxidation sites excluding steroid dienone is 4. The van der Waals surface area contributed by atoms with Crippen LogP contribution in [-0.4, -0.2) is 42.3 Å². The molecule has 9 atom stereocenters. The summed E-state index contributed by atoms with van der Waals surface area (Å²) >= 11 is 0. The lowest BCUT2D eigenvalue weighted by atomic mass is 9.47. The second kappa shape index (κ2) is 8.64. The molecule has 3 nitrogen and oxygen atoms in total. The van der Waals surface area contributed by atoms with Crippen molar-refractivity contribution < 1.29 is 5.11 Å². The second-order valence-electron chi connectivity index (χ2n) is 13.1. The Kier molecular flexibility index (Phi) is 6.24. The van der Waals surface area contributed by atoms with Crippen molar-refractivity contribution in [3.63, 3.8) is 0 Å². The van der Waals surface area contributed by atoms with Crippen molar-refractivity contribution in [1.82, 2.24) is 4.90 Å². The summed E-state index contributed by atoms with van der Waals surface area (Å²) in [5, 5.41) is 10.9. The summed E-state index contributed by atoms with van der Waals surface area (Å²) in [4.78, 5) is 2.43. The van der Waals surface area contributed by atoms with Gasteiger partial charge in [0.15, 0.2) is 0 Å². The lowest BCUT2D eigenvalue weighted by Gasteiger charge is -2.59. The van der Waals surface area contributed by atoms with E-state index in [0.717, 1.165) is 31.2 Å². The van der Waals surface area contributed by atoms with E-state index in [1.54, 1.807) is 16.7 Å². The third-order valence-electron chi connectivity index (χ3n) is 11.4. The van der Waals surface area contributed by atoms with Crippen LogP contribution < -0.4 is 5.73 Å². The van der Waals surface area contributed by atoms with E-state index in [9.17, 15) is 5.11 Å². The van der Waals surface area contributed by atoms with Crippen LogP contribution in [0.1, 0.15) is 79.1 Å². The molecule has 3 fully saturated rings. The third-order valence-corrected chi connectivity index (χ3v) is 11.4. The standard InChI is InChI=1S/C30H48N2O/c1-19(6-7-21-14-17-32(5)18-20(21)2)23-10-11-24-22-8-9-26-28(33)27(31)13-16-30(26,4)25(22)12-15-29(23,24)3/h6-8,19,23-28,33H,9-18,31H2,1-5H3/b7-6+/t19-,23+,24-,25-,26?,27+,28-,29+,30+/m0/s1. The zero-order chi connectivity index (χ0) is 23.5. The molecule has 1 heterocycles. The Balaban J connectivity index is 1.35. The number of hydrogen-bond donors (Lipinski definition) is 2. The van der Waals surface area contributed by atoms with E-state index in [0.29, 0.717) is 23.2 Å². The molecule has 0 saturated heterocycles. The maximum absolute atomic E-state index is 10.9. The van der Waals surface area contributed by atoms with Gasteiger partial charge in [-0.25, -0.2) is 0 Å². The Morgan fingerprint density at radius 3 is 2.61 bits per heavy atom. The van der Waals surface area contributed by atoms with E-state index in [-0.39, 0.29) is 17.6 Å². The van der Waals surface area contributed by atoms with Gasteiger partial charge < -0.3 is 15.7 Å². The Hall–Kier alpha value is -0.900. The normalized spacial score (nSPS) is 47.2. The fourth-order valence-corrected chi connectivity index (χ4v) is 9.26. The minimum atomic E-state index is -0.325. The minimum absolute atomic E-state index is 0.0290. The average Bonchev–Trinajstić information content (AvgIpc) is 3.13.